The second kappa shape index (κ2) is 7.39. The molecule has 1 aliphatic rings. The predicted octanol–water partition coefficient (Wildman–Crippen LogP) is 1.07. The Balaban J connectivity index is 0. The van der Waals surface area contributed by atoms with Gasteiger partial charge < -0.3 is 11.3 Å². The van der Waals surface area contributed by atoms with E-state index in [1.165, 1.54) is 6.42 Å². The molecule has 3 heteroatoms. The fourth-order valence-electron chi connectivity index (χ4n) is 0.797. The SMILES string of the molecule is CCN1[CH-]C[CH-]C1.[Re].[Re]. The van der Waals surface area contributed by atoms with E-state index < -0.39 is 0 Å². The Bertz CT molecular complexity index is 53.0. The maximum Gasteiger partial charge on any atom is 0 e. The summed E-state index contributed by atoms with van der Waals surface area (Å²) in [5, 5.41) is 0. The monoisotopic (exact) mass is 471 g/mol. The molecule has 0 amide bonds. The minimum Gasteiger partial charge on any atom is -0.484 e. The molecule has 0 N–H and O–H groups in total. The summed E-state index contributed by atoms with van der Waals surface area (Å²) >= 11 is 0. The van der Waals surface area contributed by atoms with Crippen molar-refractivity contribution in [2.24, 2.45) is 0 Å². The van der Waals surface area contributed by atoms with Crippen LogP contribution in [0.4, 0.5) is 0 Å². The van der Waals surface area contributed by atoms with E-state index in [1.54, 1.807) is 0 Å². The topological polar surface area (TPSA) is 3.24 Å². The van der Waals surface area contributed by atoms with Crippen LogP contribution in [0.1, 0.15) is 13.3 Å². The molecule has 0 saturated carbocycles. The number of hydrogen-bond donors (Lipinski definition) is 0. The van der Waals surface area contributed by atoms with Crippen LogP contribution in [0.2, 0.25) is 0 Å². The van der Waals surface area contributed by atoms with Crippen LogP contribution in [0.3, 0.4) is 0 Å². The zero-order valence-electron chi connectivity index (χ0n) is 5.48. The van der Waals surface area contributed by atoms with Crippen molar-refractivity contribution in [1.82, 2.24) is 4.90 Å². The average Bonchev–Trinajstić information content (AvgIpc) is 2.14. The van der Waals surface area contributed by atoms with Crippen LogP contribution >= 0.6 is 0 Å². The van der Waals surface area contributed by atoms with E-state index in [0.717, 1.165) is 13.1 Å². The van der Waals surface area contributed by atoms with E-state index in [2.05, 4.69) is 24.8 Å². The summed E-state index contributed by atoms with van der Waals surface area (Å²) in [5.74, 6) is 0. The molecule has 0 aromatic rings. The van der Waals surface area contributed by atoms with Gasteiger partial charge in [0.15, 0.2) is 0 Å². The van der Waals surface area contributed by atoms with Crippen LogP contribution in [0, 0.1) is 13.0 Å². The van der Waals surface area contributed by atoms with Crippen LogP contribution in [0.15, 0.2) is 0 Å². The van der Waals surface area contributed by atoms with Gasteiger partial charge in [0.05, 0.1) is 0 Å². The van der Waals surface area contributed by atoms with Crippen LogP contribution < -0.4 is 0 Å². The molecular weight excluding hydrogens is 458 g/mol. The fraction of sp³-hybridized carbons (Fsp3) is 0.667. The molecule has 0 aromatic heterocycles. The normalized spacial score (nSPS) is 18.3. The molecule has 1 saturated heterocycles. The van der Waals surface area contributed by atoms with Crippen molar-refractivity contribution >= 4 is 0 Å². The van der Waals surface area contributed by atoms with E-state index in [4.69, 9.17) is 0 Å². The molecule has 1 fully saturated rings. The first-order chi connectivity index (χ1) is 3.43. The van der Waals surface area contributed by atoms with Crippen molar-refractivity contribution in [2.75, 3.05) is 13.1 Å². The molecule has 56 valence electrons. The van der Waals surface area contributed by atoms with Gasteiger partial charge in [-0.1, -0.05) is 6.92 Å². The third-order valence-corrected chi connectivity index (χ3v) is 1.30. The van der Waals surface area contributed by atoms with E-state index in [9.17, 15) is 0 Å². The summed E-state index contributed by atoms with van der Waals surface area (Å²) in [7, 11) is 0. The van der Waals surface area contributed by atoms with Gasteiger partial charge in [-0.25, -0.2) is 0 Å². The van der Waals surface area contributed by atoms with Gasteiger partial charge in [0, 0.05) is 40.8 Å². The maximum absolute atomic E-state index is 2.31. The fourth-order valence-corrected chi connectivity index (χ4v) is 0.797. The summed E-state index contributed by atoms with van der Waals surface area (Å²) in [6, 6.07) is 0. The summed E-state index contributed by atoms with van der Waals surface area (Å²) in [6.45, 7) is 6.74. The molecule has 1 aliphatic heterocycles. The maximum atomic E-state index is 2.31. The Morgan fingerprint density at radius 2 is 2.11 bits per heavy atom. The second-order valence-electron chi connectivity index (χ2n) is 1.79. The molecule has 1 nitrogen and oxygen atoms in total. The van der Waals surface area contributed by atoms with Crippen molar-refractivity contribution < 1.29 is 40.8 Å². The zero-order valence-corrected chi connectivity index (χ0v) is 10.9. The summed E-state index contributed by atoms with van der Waals surface area (Å²) in [5.41, 5.74) is 0. The van der Waals surface area contributed by atoms with Crippen LogP contribution in [0.25, 0.3) is 0 Å². The van der Waals surface area contributed by atoms with Crippen molar-refractivity contribution in [3.05, 3.63) is 13.0 Å². The largest absolute Gasteiger partial charge is 0.484 e. The summed E-state index contributed by atoms with van der Waals surface area (Å²) < 4.78 is 0. The number of likely N-dealkylation sites (tertiary alicyclic amines) is 1. The first kappa shape index (κ1) is 12.9. The molecule has 0 spiro atoms. The average molecular weight is 470 g/mol. The molecule has 0 atom stereocenters. The Labute approximate surface area is 84.9 Å². The zero-order chi connectivity index (χ0) is 5.11. The number of rotatable bonds is 1. The molecule has 0 bridgehead atoms. The third-order valence-electron chi connectivity index (χ3n) is 1.30. The predicted molar refractivity (Wildman–Crippen MR) is 30.5 cm³/mol. The van der Waals surface area contributed by atoms with Crippen LogP contribution in [-0.2, 0) is 40.8 Å². The second-order valence-corrected chi connectivity index (χ2v) is 1.79. The van der Waals surface area contributed by atoms with Crippen LogP contribution in [-0.4, -0.2) is 18.0 Å². The van der Waals surface area contributed by atoms with E-state index in [-0.39, 0.29) is 40.8 Å². The molecule has 1 heterocycles. The molecule has 0 aromatic carbocycles. The smallest absolute Gasteiger partial charge is 0 e. The van der Waals surface area contributed by atoms with Gasteiger partial charge in [-0.2, -0.15) is 6.54 Å². The van der Waals surface area contributed by atoms with Gasteiger partial charge in [0.2, 0.25) is 0 Å². The van der Waals surface area contributed by atoms with Gasteiger partial charge in [0.25, 0.3) is 0 Å². The molecule has 2 radical (unpaired) electrons. The standard InChI is InChI=1S/C6H11N.2Re/c1-2-7-5-3-4-6-7;;/h3,6H,2,4-5H2,1H3;;/q-2;;. The van der Waals surface area contributed by atoms with Gasteiger partial charge in [-0.15, -0.1) is 0 Å². The van der Waals surface area contributed by atoms with Crippen molar-refractivity contribution in [3.63, 3.8) is 0 Å². The van der Waals surface area contributed by atoms with Gasteiger partial charge in [-0.3, -0.25) is 13.0 Å². The van der Waals surface area contributed by atoms with E-state index in [0.29, 0.717) is 0 Å². The molecule has 0 aliphatic carbocycles. The van der Waals surface area contributed by atoms with Gasteiger partial charge in [-0.05, 0) is 6.54 Å². The van der Waals surface area contributed by atoms with Gasteiger partial charge >= 0.3 is 0 Å². The van der Waals surface area contributed by atoms with Gasteiger partial charge in [0.1, 0.15) is 0 Å². The number of nitrogens with zero attached hydrogens (tertiary/aromatic N) is 1. The van der Waals surface area contributed by atoms with Crippen molar-refractivity contribution in [1.29, 1.82) is 0 Å². The Kier molecular flexibility index (Phi) is 10.6. The Morgan fingerprint density at radius 1 is 1.44 bits per heavy atom. The summed E-state index contributed by atoms with van der Waals surface area (Å²) in [6.07, 6.45) is 3.46. The minimum absolute atomic E-state index is 0. The van der Waals surface area contributed by atoms with Crippen molar-refractivity contribution in [3.8, 4) is 0 Å². The molecule has 9 heavy (non-hydrogen) atoms. The Morgan fingerprint density at radius 3 is 2.33 bits per heavy atom. The Hall–Kier alpha value is 1.28. The van der Waals surface area contributed by atoms with E-state index in [1.807, 2.05) is 0 Å². The first-order valence-electron chi connectivity index (χ1n) is 2.82. The quantitative estimate of drug-likeness (QED) is 0.520. The minimum atomic E-state index is 0. The number of hydrogen-bond acceptors (Lipinski definition) is 1. The van der Waals surface area contributed by atoms with Crippen molar-refractivity contribution in [2.45, 2.75) is 13.3 Å². The summed E-state index contributed by atoms with van der Waals surface area (Å²) in [4.78, 5) is 2.31. The first-order valence-corrected chi connectivity index (χ1v) is 2.82. The van der Waals surface area contributed by atoms with E-state index >= 15 is 0 Å². The van der Waals surface area contributed by atoms with Crippen LogP contribution in [0.5, 0.6) is 0 Å². The molecular formula is C6H11NRe2-2. The molecule has 0 unspecified atom stereocenters. The molecule has 1 rings (SSSR count). The third kappa shape index (κ3) is 4.66.